The first kappa shape index (κ1) is 23.2. The monoisotopic (exact) mass is 516 g/mol. The maximum absolute atomic E-state index is 13.4. The van der Waals surface area contributed by atoms with Crippen LogP contribution in [0.5, 0.6) is 0 Å². The maximum Gasteiger partial charge on any atom is 0.268 e. The fourth-order valence-electron chi connectivity index (χ4n) is 5.62. The van der Waals surface area contributed by atoms with Crippen LogP contribution < -0.4 is 16.8 Å². The molecular formula is C28H28N4O2S2. The normalized spacial score (nSPS) is 17.3. The number of nitrogens with zero attached hydrogens (tertiary/aromatic N) is 1. The number of carbonyl (C=O) groups excluding carboxylic acids is 2. The number of aryl methyl sites for hydroxylation is 2. The van der Waals surface area contributed by atoms with E-state index < -0.39 is 5.91 Å². The van der Waals surface area contributed by atoms with Crippen LogP contribution in [0.15, 0.2) is 36.4 Å². The van der Waals surface area contributed by atoms with Crippen molar-refractivity contribution in [3.8, 4) is 0 Å². The van der Waals surface area contributed by atoms with Gasteiger partial charge in [0.1, 0.15) is 14.7 Å². The number of aromatic nitrogens is 1. The molecule has 2 aliphatic rings. The molecule has 2 amide bonds. The van der Waals surface area contributed by atoms with Crippen LogP contribution in [-0.2, 0) is 25.7 Å². The Morgan fingerprint density at radius 2 is 1.83 bits per heavy atom. The van der Waals surface area contributed by atoms with Crippen LogP contribution in [0.4, 0.5) is 10.7 Å². The van der Waals surface area contributed by atoms with Crippen LogP contribution in [-0.4, -0.2) is 16.8 Å². The number of benzene rings is 1. The van der Waals surface area contributed by atoms with Gasteiger partial charge in [0, 0.05) is 16.0 Å². The minimum absolute atomic E-state index is 0.311. The molecule has 6 rings (SSSR count). The summed E-state index contributed by atoms with van der Waals surface area (Å²) in [5.74, 6) is -0.340. The number of nitrogens with two attached hydrogens (primary N) is 2. The third-order valence-corrected chi connectivity index (χ3v) is 9.78. The van der Waals surface area contributed by atoms with Crippen molar-refractivity contribution in [1.82, 2.24) is 4.98 Å². The largest absolute Gasteiger partial charge is 0.397 e. The third kappa shape index (κ3) is 4.08. The van der Waals surface area contributed by atoms with Gasteiger partial charge in [0.2, 0.25) is 0 Å². The summed E-state index contributed by atoms with van der Waals surface area (Å²) in [5, 5.41) is 4.33. The van der Waals surface area contributed by atoms with Crippen LogP contribution in [0.25, 0.3) is 10.2 Å². The highest BCUT2D eigenvalue weighted by Gasteiger charge is 2.27. The molecule has 1 atom stereocenters. The van der Waals surface area contributed by atoms with E-state index in [1.54, 1.807) is 0 Å². The van der Waals surface area contributed by atoms with Crippen molar-refractivity contribution in [2.75, 3.05) is 11.1 Å². The zero-order valence-electron chi connectivity index (χ0n) is 19.9. The number of rotatable bonds is 4. The van der Waals surface area contributed by atoms with E-state index in [0.717, 1.165) is 77.7 Å². The highest BCUT2D eigenvalue weighted by Crippen LogP contribution is 2.41. The molecule has 1 aromatic carbocycles. The summed E-state index contributed by atoms with van der Waals surface area (Å²) in [6.07, 6.45) is 7.89. The van der Waals surface area contributed by atoms with E-state index in [1.807, 2.05) is 6.07 Å². The fraction of sp³-hybridized carbons (Fsp3) is 0.321. The summed E-state index contributed by atoms with van der Waals surface area (Å²) in [5.41, 5.74) is 17.8. The van der Waals surface area contributed by atoms with Crippen molar-refractivity contribution in [3.63, 3.8) is 0 Å². The van der Waals surface area contributed by atoms with E-state index in [9.17, 15) is 9.59 Å². The second kappa shape index (κ2) is 9.33. The van der Waals surface area contributed by atoms with E-state index in [1.165, 1.54) is 33.8 Å². The SMILES string of the molecule is NC(=O)c1c(NC(=O)c2sc3nc4c(cc3c2N)CC(c2ccccc2)CC4)sc2c1CCCCC2. The number of amides is 2. The zero-order chi connectivity index (χ0) is 24.8. The van der Waals surface area contributed by atoms with E-state index in [2.05, 4.69) is 35.6 Å². The van der Waals surface area contributed by atoms with Crippen LogP contribution in [0.1, 0.15) is 78.9 Å². The van der Waals surface area contributed by atoms with Crippen LogP contribution in [0.2, 0.25) is 0 Å². The van der Waals surface area contributed by atoms with Gasteiger partial charge in [-0.3, -0.25) is 9.59 Å². The number of hydrogen-bond donors (Lipinski definition) is 3. The molecule has 36 heavy (non-hydrogen) atoms. The molecule has 0 bridgehead atoms. The van der Waals surface area contributed by atoms with Crippen LogP contribution in [0, 0.1) is 0 Å². The first-order chi connectivity index (χ1) is 17.5. The molecule has 3 aromatic heterocycles. The number of anilines is 2. The molecule has 0 saturated carbocycles. The van der Waals surface area contributed by atoms with Crippen LogP contribution in [0.3, 0.4) is 0 Å². The fourth-order valence-corrected chi connectivity index (χ4v) is 7.90. The first-order valence-corrected chi connectivity index (χ1v) is 14.1. The third-order valence-electron chi connectivity index (χ3n) is 7.46. The van der Waals surface area contributed by atoms with Gasteiger partial charge in [0.15, 0.2) is 0 Å². The molecule has 5 N–H and O–H groups in total. The van der Waals surface area contributed by atoms with Gasteiger partial charge < -0.3 is 16.8 Å². The lowest BCUT2D eigenvalue weighted by Crippen LogP contribution is -2.18. The minimum Gasteiger partial charge on any atom is -0.397 e. The highest BCUT2D eigenvalue weighted by molar-refractivity contribution is 7.21. The number of nitrogens with one attached hydrogen (secondary N) is 1. The van der Waals surface area contributed by atoms with Crippen molar-refractivity contribution < 1.29 is 9.59 Å². The quantitative estimate of drug-likeness (QED) is 0.296. The van der Waals surface area contributed by atoms with Gasteiger partial charge in [-0.05, 0) is 73.6 Å². The van der Waals surface area contributed by atoms with E-state index in [4.69, 9.17) is 16.5 Å². The number of thiophene rings is 2. The molecule has 0 radical (unpaired) electrons. The lowest BCUT2D eigenvalue weighted by Gasteiger charge is -2.24. The molecule has 8 heteroatoms. The second-order valence-electron chi connectivity index (χ2n) is 9.73. The standard InChI is InChI=1S/C28H28N4O2S2/c29-23-19-14-17-13-16(15-7-3-1-4-8-15)11-12-20(17)31-27(19)36-24(23)26(34)32-28-22(25(30)33)18-9-5-2-6-10-21(18)35-28/h1,3-4,7-8,14,16H,2,5-6,9-13,29H2,(H2,30,33)(H,32,34). The predicted molar refractivity (Wildman–Crippen MR) is 147 cm³/mol. The molecule has 1 unspecified atom stereocenters. The summed E-state index contributed by atoms with van der Waals surface area (Å²) < 4.78 is 0. The van der Waals surface area contributed by atoms with Crippen molar-refractivity contribution in [1.29, 1.82) is 0 Å². The lowest BCUT2D eigenvalue weighted by molar-refractivity contribution is 0.100. The molecule has 0 saturated heterocycles. The van der Waals surface area contributed by atoms with Crippen molar-refractivity contribution in [2.24, 2.45) is 5.73 Å². The Balaban J connectivity index is 1.31. The number of fused-ring (bicyclic) bond motifs is 3. The summed E-state index contributed by atoms with van der Waals surface area (Å²) in [6.45, 7) is 0. The van der Waals surface area contributed by atoms with Gasteiger partial charge in [-0.2, -0.15) is 0 Å². The van der Waals surface area contributed by atoms with Gasteiger partial charge in [0.05, 0.1) is 11.3 Å². The Kier molecular flexibility index (Phi) is 6.01. The molecule has 4 aromatic rings. The van der Waals surface area contributed by atoms with E-state index in [-0.39, 0.29) is 5.91 Å². The minimum atomic E-state index is -0.490. The van der Waals surface area contributed by atoms with Crippen molar-refractivity contribution in [2.45, 2.75) is 57.3 Å². The van der Waals surface area contributed by atoms with E-state index in [0.29, 0.717) is 27.0 Å². The number of hydrogen-bond acceptors (Lipinski definition) is 6. The summed E-state index contributed by atoms with van der Waals surface area (Å²) in [6, 6.07) is 12.7. The summed E-state index contributed by atoms with van der Waals surface area (Å²) >= 11 is 2.79. The predicted octanol–water partition coefficient (Wildman–Crippen LogP) is 5.83. The van der Waals surface area contributed by atoms with Gasteiger partial charge in [-0.1, -0.05) is 36.8 Å². The molecule has 0 fully saturated rings. The number of primary amides is 1. The molecule has 2 aliphatic carbocycles. The van der Waals surface area contributed by atoms with Crippen molar-refractivity contribution in [3.05, 3.63) is 74.1 Å². The highest BCUT2D eigenvalue weighted by atomic mass is 32.1. The van der Waals surface area contributed by atoms with Gasteiger partial charge in [-0.25, -0.2) is 4.98 Å². The molecule has 0 spiro atoms. The maximum atomic E-state index is 13.4. The average Bonchev–Trinajstić information content (AvgIpc) is 3.29. The lowest BCUT2D eigenvalue weighted by atomic mass is 9.82. The Labute approximate surface area is 217 Å². The number of nitrogen functional groups attached to an aromatic ring is 1. The molecule has 3 heterocycles. The number of pyridine rings is 1. The average molecular weight is 517 g/mol. The van der Waals surface area contributed by atoms with Crippen LogP contribution >= 0.6 is 22.7 Å². The Bertz CT molecular complexity index is 1490. The Morgan fingerprint density at radius 1 is 1.03 bits per heavy atom. The Hall–Kier alpha value is -3.23. The molecule has 0 aliphatic heterocycles. The summed E-state index contributed by atoms with van der Waals surface area (Å²) in [4.78, 5) is 33.0. The van der Waals surface area contributed by atoms with Gasteiger partial charge in [0.25, 0.3) is 11.8 Å². The topological polar surface area (TPSA) is 111 Å². The molecule has 184 valence electrons. The van der Waals surface area contributed by atoms with Gasteiger partial charge >= 0.3 is 0 Å². The first-order valence-electron chi connectivity index (χ1n) is 12.5. The molecular weight excluding hydrogens is 488 g/mol. The Morgan fingerprint density at radius 3 is 2.64 bits per heavy atom. The van der Waals surface area contributed by atoms with E-state index >= 15 is 0 Å². The zero-order valence-corrected chi connectivity index (χ0v) is 21.6. The summed E-state index contributed by atoms with van der Waals surface area (Å²) in [7, 11) is 0. The molecule has 6 nitrogen and oxygen atoms in total. The number of carbonyl (C=O) groups is 2. The van der Waals surface area contributed by atoms with Crippen molar-refractivity contribution >= 4 is 55.4 Å². The second-order valence-corrected chi connectivity index (χ2v) is 11.8. The van der Waals surface area contributed by atoms with Gasteiger partial charge in [-0.15, -0.1) is 22.7 Å². The smallest absolute Gasteiger partial charge is 0.268 e.